The third-order valence-electron chi connectivity index (χ3n) is 7.39. The Kier molecular flexibility index (Phi) is 11.3. The Balaban J connectivity index is 1.89. The van der Waals surface area contributed by atoms with Gasteiger partial charge in [0.25, 0.3) is 5.91 Å². The number of carbonyl (C=O) groups excluding carboxylic acids is 4. The molecule has 13 nitrogen and oxygen atoms in total. The van der Waals surface area contributed by atoms with Crippen molar-refractivity contribution >= 4 is 29.8 Å². The van der Waals surface area contributed by atoms with E-state index in [9.17, 15) is 29.1 Å². The Morgan fingerprint density at radius 2 is 1.80 bits per heavy atom. The highest BCUT2D eigenvalue weighted by atomic mass is 16.7. The average molecular weight is 615 g/mol. The average Bonchev–Trinajstić information content (AvgIpc) is 3.01. The van der Waals surface area contributed by atoms with E-state index in [0.717, 1.165) is 5.56 Å². The molecule has 2 N–H and O–H groups in total. The third-order valence-corrected chi connectivity index (χ3v) is 7.39. The first-order valence-corrected chi connectivity index (χ1v) is 14.1. The molecule has 44 heavy (non-hydrogen) atoms. The lowest BCUT2D eigenvalue weighted by molar-refractivity contribution is -0.168. The molecule has 1 amide bonds. The maximum absolute atomic E-state index is 13.5. The zero-order chi connectivity index (χ0) is 32.6. The van der Waals surface area contributed by atoms with Crippen LogP contribution in [0.1, 0.15) is 50.7 Å². The zero-order valence-corrected chi connectivity index (χ0v) is 25.5. The van der Waals surface area contributed by atoms with Crippen LogP contribution >= 0.6 is 0 Å². The van der Waals surface area contributed by atoms with Crippen LogP contribution in [0.2, 0.25) is 0 Å². The van der Waals surface area contributed by atoms with Gasteiger partial charge in [-0.15, -0.1) is 0 Å². The molecule has 0 unspecified atom stereocenters. The quantitative estimate of drug-likeness (QED) is 0.215. The summed E-state index contributed by atoms with van der Waals surface area (Å²) in [6, 6.07) is 8.95. The number of carbonyl (C=O) groups is 5. The number of cyclic esters (lactones) is 2. The summed E-state index contributed by atoms with van der Waals surface area (Å²) in [6.45, 7) is 6.59. The number of amides is 1. The molecule has 1 aliphatic rings. The lowest BCUT2D eigenvalue weighted by atomic mass is 9.67. The predicted octanol–water partition coefficient (Wildman–Crippen LogP) is 2.80. The highest BCUT2D eigenvalue weighted by Gasteiger charge is 2.50. The molecule has 0 radical (unpaired) electrons. The molecule has 0 saturated carbocycles. The first-order valence-electron chi connectivity index (χ1n) is 14.1. The monoisotopic (exact) mass is 614 g/mol. The van der Waals surface area contributed by atoms with Crippen LogP contribution in [0.5, 0.6) is 11.5 Å². The van der Waals surface area contributed by atoms with Gasteiger partial charge in [-0.2, -0.15) is 0 Å². The highest BCUT2D eigenvalue weighted by molar-refractivity contribution is 5.98. The molecule has 3 rings (SSSR count). The van der Waals surface area contributed by atoms with Crippen molar-refractivity contribution in [3.8, 4) is 11.5 Å². The molecule has 2 aromatic rings. The number of benzene rings is 1. The van der Waals surface area contributed by atoms with Gasteiger partial charge in [0.1, 0.15) is 12.7 Å². The van der Waals surface area contributed by atoms with Gasteiger partial charge in [0, 0.05) is 18.2 Å². The minimum atomic E-state index is -1.50. The van der Waals surface area contributed by atoms with Crippen molar-refractivity contribution in [2.45, 2.75) is 53.2 Å². The van der Waals surface area contributed by atoms with Gasteiger partial charge in [-0.25, -0.2) is 9.78 Å². The van der Waals surface area contributed by atoms with Gasteiger partial charge < -0.3 is 34.1 Å². The van der Waals surface area contributed by atoms with Gasteiger partial charge in [-0.3, -0.25) is 19.2 Å². The van der Waals surface area contributed by atoms with Crippen LogP contribution in [-0.2, 0) is 39.8 Å². The van der Waals surface area contributed by atoms with Gasteiger partial charge in [0.15, 0.2) is 23.2 Å². The predicted molar refractivity (Wildman–Crippen MR) is 154 cm³/mol. The van der Waals surface area contributed by atoms with Crippen LogP contribution in [0.3, 0.4) is 0 Å². The number of aromatic nitrogens is 1. The van der Waals surface area contributed by atoms with Gasteiger partial charge in [0.2, 0.25) is 6.79 Å². The Hall–Kier alpha value is -4.68. The molecule has 4 atom stereocenters. The van der Waals surface area contributed by atoms with Gasteiger partial charge >= 0.3 is 23.9 Å². The van der Waals surface area contributed by atoms with Crippen LogP contribution < -0.4 is 14.8 Å². The van der Waals surface area contributed by atoms with Crippen molar-refractivity contribution in [2.24, 2.45) is 23.2 Å². The Bertz CT molecular complexity index is 1360. The number of methoxy groups -OCH3 is 1. The summed E-state index contributed by atoms with van der Waals surface area (Å²) in [7, 11) is 1.33. The molecule has 13 heteroatoms. The summed E-state index contributed by atoms with van der Waals surface area (Å²) < 4.78 is 27.0. The van der Waals surface area contributed by atoms with Crippen molar-refractivity contribution in [3.05, 3.63) is 53.9 Å². The Morgan fingerprint density at radius 1 is 1.11 bits per heavy atom. The molecule has 0 aliphatic carbocycles. The van der Waals surface area contributed by atoms with Crippen molar-refractivity contribution in [3.63, 3.8) is 0 Å². The van der Waals surface area contributed by atoms with Crippen LogP contribution in [0.15, 0.2) is 42.6 Å². The van der Waals surface area contributed by atoms with Gasteiger partial charge in [-0.05, 0) is 32.8 Å². The SMILES string of the molecule is COc1ccnc(C(=O)N[C@H]2COC(=O)[C@H](Cc3ccccc3)[C@H](C(C)(C)C(=O)O)[C@H](C)OC2=O)c1OCOC(=O)C(C)C. The largest absolute Gasteiger partial charge is 0.493 e. The number of hydrogen-bond acceptors (Lipinski definition) is 11. The lowest BCUT2D eigenvalue weighted by Gasteiger charge is -2.38. The number of ether oxygens (including phenoxy) is 5. The van der Waals surface area contributed by atoms with E-state index >= 15 is 0 Å². The molecule has 1 fully saturated rings. The summed E-state index contributed by atoms with van der Waals surface area (Å²) in [4.78, 5) is 68.4. The summed E-state index contributed by atoms with van der Waals surface area (Å²) in [5, 5.41) is 12.5. The minimum Gasteiger partial charge on any atom is -0.493 e. The maximum atomic E-state index is 13.5. The fourth-order valence-corrected chi connectivity index (χ4v) is 5.00. The molecular weight excluding hydrogens is 576 g/mol. The van der Waals surface area contributed by atoms with Gasteiger partial charge in [0.05, 0.1) is 24.4 Å². The van der Waals surface area contributed by atoms with Crippen LogP contribution in [0.25, 0.3) is 0 Å². The Labute approximate surface area is 255 Å². The number of hydrogen-bond donors (Lipinski definition) is 2. The zero-order valence-electron chi connectivity index (χ0n) is 25.5. The lowest BCUT2D eigenvalue weighted by Crippen LogP contribution is -2.48. The number of carboxylic acids is 1. The van der Waals surface area contributed by atoms with Crippen molar-refractivity contribution in [1.82, 2.24) is 10.3 Å². The van der Waals surface area contributed by atoms with Crippen molar-refractivity contribution in [1.29, 1.82) is 0 Å². The third kappa shape index (κ3) is 8.03. The van der Waals surface area contributed by atoms with Crippen LogP contribution in [-0.4, -0.2) is 72.5 Å². The molecule has 238 valence electrons. The van der Waals surface area contributed by atoms with Crippen LogP contribution in [0, 0.1) is 23.2 Å². The standard InChI is InChI=1S/C31H38N2O11/c1-17(2)27(35)43-16-42-25-22(40-6)12-13-32-24(25)26(34)33-21-15-41-28(36)20(14-19-10-8-7-9-11-19)23(18(3)44-29(21)37)31(4,5)30(38)39/h7-13,17-18,20-21,23H,14-16H2,1-6H3,(H,33,34)(H,38,39)/t18-,20+,21-,23+/m0/s1. The molecule has 2 heterocycles. The number of esters is 3. The van der Waals surface area contributed by atoms with E-state index in [1.165, 1.54) is 40.1 Å². The normalized spacial score (nSPS) is 20.7. The number of nitrogens with one attached hydrogen (secondary N) is 1. The fourth-order valence-electron chi connectivity index (χ4n) is 5.00. The second-order valence-electron chi connectivity index (χ2n) is 11.2. The fraction of sp³-hybridized carbons (Fsp3) is 0.484. The molecular formula is C31H38N2O11. The smallest absolute Gasteiger partial charge is 0.332 e. The number of rotatable bonds is 11. The van der Waals surface area contributed by atoms with E-state index in [-0.39, 0.29) is 23.6 Å². The minimum absolute atomic E-state index is 0.102. The van der Waals surface area contributed by atoms with E-state index in [2.05, 4.69) is 10.3 Å². The van der Waals surface area contributed by atoms with E-state index in [0.29, 0.717) is 0 Å². The van der Waals surface area contributed by atoms with Crippen LogP contribution in [0.4, 0.5) is 0 Å². The first kappa shape index (κ1) is 33.8. The summed E-state index contributed by atoms with van der Waals surface area (Å²) in [5.41, 5.74) is -1.04. The number of nitrogens with zero attached hydrogens (tertiary/aromatic N) is 1. The second-order valence-corrected chi connectivity index (χ2v) is 11.2. The van der Waals surface area contributed by atoms with Crippen molar-refractivity contribution < 1.29 is 52.8 Å². The van der Waals surface area contributed by atoms with E-state index in [4.69, 9.17) is 23.7 Å². The first-order chi connectivity index (χ1) is 20.8. The second kappa shape index (κ2) is 14.7. The van der Waals surface area contributed by atoms with Crippen molar-refractivity contribution in [2.75, 3.05) is 20.5 Å². The summed E-state index contributed by atoms with van der Waals surface area (Å²) in [5.74, 6) is -6.74. The molecule has 0 bridgehead atoms. The molecule has 1 aromatic heterocycles. The van der Waals surface area contributed by atoms with E-state index < -0.39 is 78.5 Å². The molecule has 1 aliphatic heterocycles. The number of pyridine rings is 1. The molecule has 1 aromatic carbocycles. The summed E-state index contributed by atoms with van der Waals surface area (Å²) in [6.07, 6.45) is 0.351. The number of carboxylic acid groups (broad SMARTS) is 1. The maximum Gasteiger partial charge on any atom is 0.332 e. The van der Waals surface area contributed by atoms with E-state index in [1.54, 1.807) is 38.1 Å². The number of aliphatic carboxylic acids is 1. The summed E-state index contributed by atoms with van der Waals surface area (Å²) >= 11 is 0. The molecule has 0 spiro atoms. The van der Waals surface area contributed by atoms with E-state index in [1.807, 2.05) is 6.07 Å². The molecule has 1 saturated heterocycles. The topological polar surface area (TPSA) is 177 Å². The van der Waals surface area contributed by atoms with Gasteiger partial charge in [-0.1, -0.05) is 44.2 Å². The Morgan fingerprint density at radius 3 is 2.41 bits per heavy atom. The highest BCUT2D eigenvalue weighted by Crippen LogP contribution is 2.40.